The number of rotatable bonds is 5. The molecule has 4 rings (SSSR count). The summed E-state index contributed by atoms with van der Waals surface area (Å²) in [7, 11) is 1.51. The number of carbonyl (C=O) groups excluding carboxylic acids is 2. The molecule has 0 spiro atoms. The Bertz CT molecular complexity index is 1210. The standard InChI is InChI=1S/C23H15F3N2O3/c1-31-17-9-7-16(8-10-17)27-21-20(13-2-4-14(24)5-3-13)22(29)28(23(21)30)19-11-6-15(25)12-18(19)26/h2-12,27H,1H3. The summed E-state index contributed by atoms with van der Waals surface area (Å²) in [5.74, 6) is -3.49. The van der Waals surface area contributed by atoms with E-state index in [0.717, 1.165) is 24.3 Å². The minimum Gasteiger partial charge on any atom is -0.497 e. The fourth-order valence-corrected chi connectivity index (χ4v) is 3.23. The van der Waals surface area contributed by atoms with Gasteiger partial charge in [0.15, 0.2) is 0 Å². The number of anilines is 2. The van der Waals surface area contributed by atoms with Crippen LogP contribution in [0.15, 0.2) is 72.4 Å². The molecule has 0 fully saturated rings. The molecular formula is C23H15F3N2O3. The zero-order valence-corrected chi connectivity index (χ0v) is 16.2. The molecule has 31 heavy (non-hydrogen) atoms. The van der Waals surface area contributed by atoms with Crippen molar-refractivity contribution in [2.24, 2.45) is 0 Å². The molecule has 2 amide bonds. The predicted octanol–water partition coefficient (Wildman–Crippen LogP) is 4.51. The van der Waals surface area contributed by atoms with Gasteiger partial charge in [0.2, 0.25) is 0 Å². The summed E-state index contributed by atoms with van der Waals surface area (Å²) in [4.78, 5) is 27.0. The Balaban J connectivity index is 1.81. The number of nitrogens with one attached hydrogen (secondary N) is 1. The van der Waals surface area contributed by atoms with Gasteiger partial charge in [0, 0.05) is 11.8 Å². The number of imide groups is 1. The van der Waals surface area contributed by atoms with E-state index in [0.29, 0.717) is 22.4 Å². The Labute approximate surface area is 175 Å². The zero-order valence-electron chi connectivity index (χ0n) is 16.2. The van der Waals surface area contributed by atoms with Crippen molar-refractivity contribution in [1.29, 1.82) is 0 Å². The topological polar surface area (TPSA) is 58.6 Å². The molecule has 0 aliphatic carbocycles. The monoisotopic (exact) mass is 424 g/mol. The smallest absolute Gasteiger partial charge is 0.282 e. The Kier molecular flexibility index (Phi) is 5.21. The van der Waals surface area contributed by atoms with Crippen molar-refractivity contribution in [2.45, 2.75) is 0 Å². The summed E-state index contributed by atoms with van der Waals surface area (Å²) >= 11 is 0. The molecule has 1 N–H and O–H groups in total. The van der Waals surface area contributed by atoms with Gasteiger partial charge < -0.3 is 10.1 Å². The number of hydrogen-bond acceptors (Lipinski definition) is 4. The Morgan fingerprint density at radius 3 is 2.06 bits per heavy atom. The van der Waals surface area contributed by atoms with Crippen LogP contribution >= 0.6 is 0 Å². The molecule has 5 nitrogen and oxygen atoms in total. The summed E-state index contributed by atoms with van der Waals surface area (Å²) in [5, 5.41) is 2.89. The van der Waals surface area contributed by atoms with E-state index in [1.165, 1.54) is 19.2 Å². The highest BCUT2D eigenvalue weighted by Gasteiger charge is 2.41. The molecule has 0 aromatic heterocycles. The second-order valence-electron chi connectivity index (χ2n) is 6.65. The Hall–Kier alpha value is -4.07. The van der Waals surface area contributed by atoms with Crippen LogP contribution in [-0.2, 0) is 9.59 Å². The molecule has 0 radical (unpaired) electrons. The molecular weight excluding hydrogens is 409 g/mol. The van der Waals surface area contributed by atoms with Crippen LogP contribution < -0.4 is 15.0 Å². The third kappa shape index (κ3) is 3.75. The normalized spacial score (nSPS) is 13.7. The van der Waals surface area contributed by atoms with Crippen LogP contribution in [0, 0.1) is 17.5 Å². The third-order valence-electron chi connectivity index (χ3n) is 4.73. The van der Waals surface area contributed by atoms with Gasteiger partial charge >= 0.3 is 0 Å². The van der Waals surface area contributed by atoms with Gasteiger partial charge in [0.25, 0.3) is 11.8 Å². The minimum absolute atomic E-state index is 0.0652. The van der Waals surface area contributed by atoms with Crippen molar-refractivity contribution < 1.29 is 27.5 Å². The van der Waals surface area contributed by atoms with E-state index < -0.39 is 29.3 Å². The largest absolute Gasteiger partial charge is 0.497 e. The second-order valence-corrected chi connectivity index (χ2v) is 6.65. The van der Waals surface area contributed by atoms with E-state index in [-0.39, 0.29) is 22.5 Å². The van der Waals surface area contributed by atoms with E-state index in [4.69, 9.17) is 4.74 Å². The fraction of sp³-hybridized carbons (Fsp3) is 0.0435. The van der Waals surface area contributed by atoms with E-state index in [1.54, 1.807) is 24.3 Å². The van der Waals surface area contributed by atoms with Gasteiger partial charge in [-0.1, -0.05) is 12.1 Å². The Morgan fingerprint density at radius 2 is 1.45 bits per heavy atom. The van der Waals surface area contributed by atoms with E-state index >= 15 is 0 Å². The van der Waals surface area contributed by atoms with Crippen molar-refractivity contribution in [2.75, 3.05) is 17.3 Å². The molecule has 0 unspecified atom stereocenters. The summed E-state index contributed by atoms with van der Waals surface area (Å²) < 4.78 is 46.2. The van der Waals surface area contributed by atoms with Gasteiger partial charge in [-0.15, -0.1) is 0 Å². The van der Waals surface area contributed by atoms with Gasteiger partial charge in [-0.05, 0) is 54.1 Å². The summed E-state index contributed by atoms with van der Waals surface area (Å²) in [6, 6.07) is 14.1. The van der Waals surface area contributed by atoms with E-state index in [1.807, 2.05) is 0 Å². The molecule has 156 valence electrons. The van der Waals surface area contributed by atoms with Crippen LogP contribution in [0.3, 0.4) is 0 Å². The number of carbonyl (C=O) groups is 2. The molecule has 1 heterocycles. The van der Waals surface area contributed by atoms with Gasteiger partial charge in [0.05, 0.1) is 18.4 Å². The second kappa shape index (κ2) is 7.98. The first-order valence-corrected chi connectivity index (χ1v) is 9.14. The van der Waals surface area contributed by atoms with Gasteiger partial charge in [-0.3, -0.25) is 9.59 Å². The summed E-state index contributed by atoms with van der Waals surface area (Å²) in [6.45, 7) is 0. The van der Waals surface area contributed by atoms with Crippen molar-refractivity contribution in [3.05, 3.63) is 95.4 Å². The lowest BCUT2D eigenvalue weighted by atomic mass is 10.0. The molecule has 3 aromatic rings. The molecule has 0 atom stereocenters. The van der Waals surface area contributed by atoms with Crippen molar-refractivity contribution in [3.63, 3.8) is 0 Å². The lowest BCUT2D eigenvalue weighted by Crippen LogP contribution is -2.33. The van der Waals surface area contributed by atoms with Crippen molar-refractivity contribution in [1.82, 2.24) is 0 Å². The van der Waals surface area contributed by atoms with Gasteiger partial charge in [-0.2, -0.15) is 0 Å². The molecule has 0 bridgehead atoms. The first kappa shape index (κ1) is 20.2. The zero-order chi connectivity index (χ0) is 22.1. The highest BCUT2D eigenvalue weighted by Crippen LogP contribution is 2.35. The van der Waals surface area contributed by atoms with Crippen LogP contribution in [0.4, 0.5) is 24.5 Å². The fourth-order valence-electron chi connectivity index (χ4n) is 3.23. The molecule has 0 saturated carbocycles. The highest BCUT2D eigenvalue weighted by molar-refractivity contribution is 6.46. The lowest BCUT2D eigenvalue weighted by Gasteiger charge is -2.16. The van der Waals surface area contributed by atoms with Crippen LogP contribution in [0.2, 0.25) is 0 Å². The third-order valence-corrected chi connectivity index (χ3v) is 4.73. The van der Waals surface area contributed by atoms with Crippen molar-refractivity contribution >= 4 is 28.8 Å². The first-order chi connectivity index (χ1) is 14.9. The number of halogens is 3. The predicted molar refractivity (Wildman–Crippen MR) is 109 cm³/mol. The number of ether oxygens (including phenoxy) is 1. The number of hydrogen-bond donors (Lipinski definition) is 1. The maximum Gasteiger partial charge on any atom is 0.282 e. The molecule has 1 aliphatic heterocycles. The van der Waals surface area contributed by atoms with Crippen molar-refractivity contribution in [3.8, 4) is 5.75 Å². The number of amides is 2. The van der Waals surface area contributed by atoms with E-state index in [2.05, 4.69) is 5.32 Å². The van der Waals surface area contributed by atoms with Crippen LogP contribution in [0.5, 0.6) is 5.75 Å². The van der Waals surface area contributed by atoms with Gasteiger partial charge in [0.1, 0.15) is 28.9 Å². The average Bonchev–Trinajstić information content (AvgIpc) is 2.99. The number of methoxy groups -OCH3 is 1. The molecule has 8 heteroatoms. The molecule has 0 saturated heterocycles. The average molecular weight is 424 g/mol. The maximum absolute atomic E-state index is 14.4. The molecule has 3 aromatic carbocycles. The SMILES string of the molecule is COc1ccc(NC2=C(c3ccc(F)cc3)C(=O)N(c3ccc(F)cc3F)C2=O)cc1. The lowest BCUT2D eigenvalue weighted by molar-refractivity contribution is -0.120. The quantitative estimate of drug-likeness (QED) is 0.613. The molecule has 1 aliphatic rings. The van der Waals surface area contributed by atoms with Gasteiger partial charge in [-0.25, -0.2) is 18.1 Å². The summed E-state index contributed by atoms with van der Waals surface area (Å²) in [6.07, 6.45) is 0. The van der Waals surface area contributed by atoms with E-state index in [9.17, 15) is 22.8 Å². The Morgan fingerprint density at radius 1 is 0.806 bits per heavy atom. The van der Waals surface area contributed by atoms with Crippen LogP contribution in [0.1, 0.15) is 5.56 Å². The summed E-state index contributed by atoms with van der Waals surface area (Å²) in [5.41, 5.74) is 0.163. The number of benzene rings is 3. The first-order valence-electron chi connectivity index (χ1n) is 9.14. The maximum atomic E-state index is 14.4. The number of nitrogens with zero attached hydrogens (tertiary/aromatic N) is 1. The van der Waals surface area contributed by atoms with Crippen LogP contribution in [-0.4, -0.2) is 18.9 Å². The van der Waals surface area contributed by atoms with Crippen LogP contribution in [0.25, 0.3) is 5.57 Å². The minimum atomic E-state index is -1.06. The highest BCUT2D eigenvalue weighted by atomic mass is 19.1.